The van der Waals surface area contributed by atoms with Gasteiger partial charge in [-0.3, -0.25) is 19.7 Å². The molecule has 3 N–H and O–H groups in total. The molecule has 2 aromatic carbocycles. The number of nitrogens with zero attached hydrogens (tertiary/aromatic N) is 2. The number of para-hydroxylation sites is 1. The van der Waals surface area contributed by atoms with Gasteiger partial charge in [-0.15, -0.1) is 0 Å². The van der Waals surface area contributed by atoms with Gasteiger partial charge in [0, 0.05) is 17.3 Å². The number of aromatic hydroxyl groups is 1. The molecule has 10 nitrogen and oxygen atoms in total. The van der Waals surface area contributed by atoms with Crippen LogP contribution in [0.2, 0.25) is 0 Å². The van der Waals surface area contributed by atoms with Crippen LogP contribution in [0.4, 0.5) is 11.4 Å². The summed E-state index contributed by atoms with van der Waals surface area (Å²) in [5, 5.41) is 27.1. The number of nitrogens with one attached hydrogen (secondary N) is 2. The van der Waals surface area contributed by atoms with Crippen molar-refractivity contribution in [2.75, 3.05) is 11.9 Å². The summed E-state index contributed by atoms with van der Waals surface area (Å²) >= 11 is 0. The number of carbonyl (C=O) groups is 2. The van der Waals surface area contributed by atoms with Crippen LogP contribution in [0.5, 0.6) is 11.5 Å². The number of amides is 2. The Morgan fingerprint density at radius 3 is 2.48 bits per heavy atom. The Morgan fingerprint density at radius 1 is 1.24 bits per heavy atom. The Morgan fingerprint density at radius 2 is 1.90 bits per heavy atom. The highest BCUT2D eigenvalue weighted by Gasteiger charge is 2.20. The molecule has 0 aliphatic heterocycles. The number of ether oxygens (including phenoxy) is 1. The van der Waals surface area contributed by atoms with E-state index in [4.69, 9.17) is 4.74 Å². The number of hydrazone groups is 1. The molecule has 10 heteroatoms. The summed E-state index contributed by atoms with van der Waals surface area (Å²) in [6, 6.07) is 7.80. The number of phenolic OH excluding ortho intramolecular Hbond substituents is 1. The summed E-state index contributed by atoms with van der Waals surface area (Å²) in [5.74, 6) is -2.62. The van der Waals surface area contributed by atoms with E-state index >= 15 is 0 Å². The highest BCUT2D eigenvalue weighted by Crippen LogP contribution is 2.36. The van der Waals surface area contributed by atoms with E-state index in [2.05, 4.69) is 15.8 Å². The van der Waals surface area contributed by atoms with Crippen LogP contribution in [-0.2, 0) is 9.59 Å². The van der Waals surface area contributed by atoms with Crippen LogP contribution in [0, 0.1) is 24.0 Å². The Balaban J connectivity index is 2.11. The molecule has 0 aliphatic carbocycles. The van der Waals surface area contributed by atoms with Crippen molar-refractivity contribution >= 4 is 29.4 Å². The van der Waals surface area contributed by atoms with Gasteiger partial charge in [0.2, 0.25) is 5.75 Å². The van der Waals surface area contributed by atoms with Crippen molar-refractivity contribution in [3.05, 3.63) is 57.1 Å². The second kappa shape index (κ2) is 9.31. The van der Waals surface area contributed by atoms with E-state index in [1.165, 1.54) is 6.07 Å². The van der Waals surface area contributed by atoms with Crippen molar-refractivity contribution in [2.24, 2.45) is 5.10 Å². The van der Waals surface area contributed by atoms with Gasteiger partial charge in [0.25, 0.3) is 0 Å². The van der Waals surface area contributed by atoms with Crippen molar-refractivity contribution < 1.29 is 24.4 Å². The maximum Gasteiger partial charge on any atom is 0.329 e. The largest absolute Gasteiger partial charge is 0.500 e. The second-order valence-electron chi connectivity index (χ2n) is 6.00. The van der Waals surface area contributed by atoms with Gasteiger partial charge in [-0.05, 0) is 38.0 Å². The average molecular weight is 400 g/mol. The average Bonchev–Trinajstić information content (AvgIpc) is 2.66. The Hall–Kier alpha value is -3.95. The van der Waals surface area contributed by atoms with Gasteiger partial charge in [0.05, 0.1) is 17.7 Å². The van der Waals surface area contributed by atoms with E-state index in [0.717, 1.165) is 23.4 Å². The fourth-order valence-corrected chi connectivity index (χ4v) is 2.49. The molecule has 0 heterocycles. The fourth-order valence-electron chi connectivity index (χ4n) is 2.49. The molecule has 0 spiro atoms. The number of carbonyl (C=O) groups excluding carboxylic acids is 2. The minimum Gasteiger partial charge on any atom is -0.500 e. The minimum atomic E-state index is -1.01. The van der Waals surface area contributed by atoms with E-state index in [1.54, 1.807) is 32.9 Å². The summed E-state index contributed by atoms with van der Waals surface area (Å²) in [6.07, 6.45) is 1.10. The number of hydrogen-bond donors (Lipinski definition) is 3. The first-order valence-electron chi connectivity index (χ1n) is 8.59. The molecule has 2 aromatic rings. The molecule has 2 amide bonds. The Labute approximate surface area is 166 Å². The number of benzene rings is 2. The number of nitro groups is 1. The Bertz CT molecular complexity index is 967. The summed E-state index contributed by atoms with van der Waals surface area (Å²) in [6.45, 7) is 5.43. The van der Waals surface area contributed by atoms with Crippen molar-refractivity contribution in [1.82, 2.24) is 5.43 Å². The Kier molecular flexibility index (Phi) is 6.85. The lowest BCUT2D eigenvalue weighted by molar-refractivity contribution is -0.386. The standard InChI is InChI=1S/C19H20N4O6/c1-4-29-15-9-13(8-14(17(15)24)23(27)28)10-20-22-19(26)18(25)21-16-11(2)6-5-7-12(16)3/h5-10,24H,4H2,1-3H3,(H,21,25)(H,22,26)/b20-10+. The zero-order valence-corrected chi connectivity index (χ0v) is 16.1. The predicted octanol–water partition coefficient (Wildman–Crippen LogP) is 2.40. The lowest BCUT2D eigenvalue weighted by Gasteiger charge is -2.10. The maximum absolute atomic E-state index is 12.0. The molecule has 0 aromatic heterocycles. The van der Waals surface area contributed by atoms with Crippen LogP contribution >= 0.6 is 0 Å². The number of aryl methyl sites for hydroxylation is 2. The van der Waals surface area contributed by atoms with Crippen molar-refractivity contribution in [1.29, 1.82) is 0 Å². The maximum atomic E-state index is 12.0. The van der Waals surface area contributed by atoms with Crippen LogP contribution in [0.25, 0.3) is 0 Å². The van der Waals surface area contributed by atoms with Crippen LogP contribution in [-0.4, -0.2) is 34.7 Å². The molecule has 2 rings (SSSR count). The molecule has 0 saturated heterocycles. The third kappa shape index (κ3) is 5.28. The minimum absolute atomic E-state index is 0.0951. The van der Waals surface area contributed by atoms with Crippen LogP contribution in [0.3, 0.4) is 0 Å². The molecular weight excluding hydrogens is 380 g/mol. The summed E-state index contributed by atoms with van der Waals surface area (Å²) < 4.78 is 5.15. The highest BCUT2D eigenvalue weighted by atomic mass is 16.6. The van der Waals surface area contributed by atoms with E-state index in [0.29, 0.717) is 5.69 Å². The lowest BCUT2D eigenvalue weighted by Crippen LogP contribution is -2.32. The number of rotatable bonds is 6. The monoisotopic (exact) mass is 400 g/mol. The first-order valence-corrected chi connectivity index (χ1v) is 8.59. The van der Waals surface area contributed by atoms with Gasteiger partial charge >= 0.3 is 17.5 Å². The van der Waals surface area contributed by atoms with Gasteiger partial charge in [0.1, 0.15) is 0 Å². The van der Waals surface area contributed by atoms with Crippen molar-refractivity contribution in [3.63, 3.8) is 0 Å². The highest BCUT2D eigenvalue weighted by molar-refractivity contribution is 6.39. The molecule has 0 atom stereocenters. The topological polar surface area (TPSA) is 143 Å². The molecule has 0 fully saturated rings. The van der Waals surface area contributed by atoms with Crippen LogP contribution in [0.15, 0.2) is 35.4 Å². The zero-order chi connectivity index (χ0) is 21.6. The van der Waals surface area contributed by atoms with E-state index < -0.39 is 28.2 Å². The number of phenols is 1. The SMILES string of the molecule is CCOc1cc(/C=N/NC(=O)C(=O)Nc2c(C)cccc2C)cc([N+](=O)[O-])c1O. The van der Waals surface area contributed by atoms with Gasteiger partial charge in [-0.25, -0.2) is 5.43 Å². The third-order valence-electron chi connectivity index (χ3n) is 3.88. The first-order chi connectivity index (χ1) is 13.7. The molecular formula is C19H20N4O6. The summed E-state index contributed by atoms with van der Waals surface area (Å²) in [7, 11) is 0. The van der Waals surface area contributed by atoms with E-state index in [1.807, 2.05) is 6.07 Å². The smallest absolute Gasteiger partial charge is 0.329 e. The van der Waals surface area contributed by atoms with Crippen molar-refractivity contribution in [2.45, 2.75) is 20.8 Å². The molecule has 0 unspecified atom stereocenters. The van der Waals surface area contributed by atoms with Crippen molar-refractivity contribution in [3.8, 4) is 11.5 Å². The molecule has 0 bridgehead atoms. The summed E-state index contributed by atoms with van der Waals surface area (Å²) in [5.41, 5.74) is 3.80. The van der Waals surface area contributed by atoms with Crippen LogP contribution in [0.1, 0.15) is 23.6 Å². The van der Waals surface area contributed by atoms with Gasteiger partial charge in [-0.1, -0.05) is 18.2 Å². The molecule has 0 radical (unpaired) electrons. The molecule has 152 valence electrons. The van der Waals surface area contributed by atoms with E-state index in [9.17, 15) is 24.8 Å². The van der Waals surface area contributed by atoms with Crippen LogP contribution < -0.4 is 15.5 Å². The summed E-state index contributed by atoms with van der Waals surface area (Å²) in [4.78, 5) is 34.3. The molecule has 0 saturated carbocycles. The van der Waals surface area contributed by atoms with E-state index in [-0.39, 0.29) is 17.9 Å². The first kappa shape index (κ1) is 21.4. The van der Waals surface area contributed by atoms with Gasteiger partial charge in [-0.2, -0.15) is 5.10 Å². The lowest BCUT2D eigenvalue weighted by atomic mass is 10.1. The quantitative estimate of drug-likeness (QED) is 0.294. The molecule has 0 aliphatic rings. The van der Waals surface area contributed by atoms with Gasteiger partial charge in [0.15, 0.2) is 5.75 Å². The normalized spacial score (nSPS) is 10.6. The number of nitro benzene ring substituents is 1. The van der Waals surface area contributed by atoms with Gasteiger partial charge < -0.3 is 15.2 Å². The third-order valence-corrected chi connectivity index (χ3v) is 3.88. The molecule has 29 heavy (non-hydrogen) atoms. The number of hydrogen-bond acceptors (Lipinski definition) is 7. The fraction of sp³-hybridized carbons (Fsp3) is 0.211. The number of anilines is 1. The second-order valence-corrected chi connectivity index (χ2v) is 6.00. The zero-order valence-electron chi connectivity index (χ0n) is 16.1. The predicted molar refractivity (Wildman–Crippen MR) is 106 cm³/mol.